The Morgan fingerprint density at radius 1 is 1.21 bits per heavy atom. The molecule has 0 atom stereocenters. The van der Waals surface area contributed by atoms with Crippen molar-refractivity contribution in [2.24, 2.45) is 0 Å². The molecule has 1 aromatic heterocycles. The lowest BCUT2D eigenvalue weighted by Gasteiger charge is -2.31. The highest BCUT2D eigenvalue weighted by Crippen LogP contribution is 2.44. The van der Waals surface area contributed by atoms with Gasteiger partial charge in [-0.1, -0.05) is 0 Å². The molecule has 3 aliphatic rings. The fourth-order valence-electron chi connectivity index (χ4n) is 4.72. The number of nitrogens with zero attached hydrogens (tertiary/aromatic N) is 2. The van der Waals surface area contributed by atoms with Gasteiger partial charge in [-0.3, -0.25) is 9.35 Å². The van der Waals surface area contributed by atoms with E-state index in [1.54, 1.807) is 12.3 Å². The van der Waals surface area contributed by atoms with Gasteiger partial charge < -0.3 is 15.0 Å². The van der Waals surface area contributed by atoms with E-state index in [0.717, 1.165) is 17.0 Å². The first-order valence-corrected chi connectivity index (χ1v) is 12.5. The number of pyridine rings is 1. The summed E-state index contributed by atoms with van der Waals surface area (Å²) in [6.07, 6.45) is 4.24. The number of fused-ring (bicyclic) bond motifs is 1. The molecule has 1 aromatic carbocycles. The zero-order chi connectivity index (χ0) is 24.3. The minimum absolute atomic E-state index is 0.342. The van der Waals surface area contributed by atoms with Gasteiger partial charge in [-0.2, -0.15) is 8.42 Å². The molecule has 0 saturated carbocycles. The smallest absolute Gasteiger partial charge is 0.267 e. The lowest BCUT2D eigenvalue weighted by atomic mass is 9.93. The van der Waals surface area contributed by atoms with Gasteiger partial charge >= 0.3 is 0 Å². The molecule has 8 nitrogen and oxygen atoms in total. The Bertz CT molecular complexity index is 1340. The average molecular weight is 486 g/mol. The van der Waals surface area contributed by atoms with Crippen LogP contribution < -0.4 is 10.2 Å². The molecule has 1 fully saturated rings. The third-order valence-electron chi connectivity index (χ3n) is 6.51. The average Bonchev–Trinajstić information content (AvgIpc) is 3.27. The molecule has 0 radical (unpaired) electrons. The van der Waals surface area contributed by atoms with E-state index in [-0.39, 0.29) is 5.91 Å². The maximum Gasteiger partial charge on any atom is 0.267 e. The molecule has 1 amide bonds. The predicted molar refractivity (Wildman–Crippen MR) is 126 cm³/mol. The molecule has 178 valence electrons. The molecule has 2 aromatic rings. The summed E-state index contributed by atoms with van der Waals surface area (Å²) < 4.78 is 51.7. The van der Waals surface area contributed by atoms with Crippen LogP contribution in [0.5, 0.6) is 0 Å². The topological polar surface area (TPSA) is 109 Å². The van der Waals surface area contributed by atoms with Gasteiger partial charge in [0.1, 0.15) is 23.0 Å². The third-order valence-corrected chi connectivity index (χ3v) is 7.82. The Morgan fingerprint density at radius 3 is 2.59 bits per heavy atom. The van der Waals surface area contributed by atoms with Gasteiger partial charge in [0.15, 0.2) is 0 Å². The Hall–Kier alpha value is -3.24. The second-order valence-corrected chi connectivity index (χ2v) is 10.9. The molecule has 1 saturated heterocycles. The van der Waals surface area contributed by atoms with Crippen molar-refractivity contribution in [2.45, 2.75) is 37.5 Å². The number of carbonyl (C=O) groups is 1. The number of aromatic nitrogens is 1. The Kier molecular flexibility index (Phi) is 5.25. The summed E-state index contributed by atoms with van der Waals surface area (Å²) in [6, 6.07) is 7.94. The number of carbonyl (C=O) groups excluding carboxylic acids is 1. The van der Waals surface area contributed by atoms with Crippen LogP contribution >= 0.6 is 0 Å². The normalized spacial score (nSPS) is 22.3. The zero-order valence-corrected chi connectivity index (χ0v) is 19.5. The van der Waals surface area contributed by atoms with E-state index < -0.39 is 26.8 Å². The highest BCUT2D eigenvalue weighted by atomic mass is 32.2. The van der Waals surface area contributed by atoms with Gasteiger partial charge in [0.25, 0.3) is 16.0 Å². The molecule has 3 aliphatic heterocycles. The second-order valence-electron chi connectivity index (χ2n) is 9.16. The maximum absolute atomic E-state index is 13.6. The predicted octanol–water partition coefficient (Wildman–Crippen LogP) is 3.63. The van der Waals surface area contributed by atoms with Gasteiger partial charge in [0.05, 0.1) is 16.5 Å². The largest absolute Gasteiger partial charge is 0.482 e. The molecule has 2 N–H and O–H groups in total. The molecule has 0 unspecified atom stereocenters. The van der Waals surface area contributed by atoms with E-state index >= 15 is 0 Å². The fraction of sp³-hybridized carbons (Fsp3) is 0.333. The summed E-state index contributed by atoms with van der Waals surface area (Å²) in [7, 11) is -4.02. The van der Waals surface area contributed by atoms with Crippen LogP contribution in [0.25, 0.3) is 11.1 Å². The number of rotatable bonds is 3. The van der Waals surface area contributed by atoms with Crippen molar-refractivity contribution in [2.75, 3.05) is 23.3 Å². The van der Waals surface area contributed by atoms with Crippen molar-refractivity contribution in [3.05, 3.63) is 65.3 Å². The molecule has 10 heteroatoms. The monoisotopic (exact) mass is 485 g/mol. The number of hydrogen-bond donors (Lipinski definition) is 2. The summed E-state index contributed by atoms with van der Waals surface area (Å²) in [5, 5.41) is 1.96. The van der Waals surface area contributed by atoms with Crippen molar-refractivity contribution < 1.29 is 26.9 Å². The van der Waals surface area contributed by atoms with Gasteiger partial charge in [-0.05, 0) is 63.1 Å². The summed E-state index contributed by atoms with van der Waals surface area (Å²) in [5.74, 6) is 0.368. The molecular formula is C24H24FN3O5S. The van der Waals surface area contributed by atoms with Crippen LogP contribution in [-0.4, -0.2) is 47.8 Å². The van der Waals surface area contributed by atoms with Gasteiger partial charge in [0.2, 0.25) is 0 Å². The van der Waals surface area contributed by atoms with E-state index in [4.69, 9.17) is 4.74 Å². The number of anilines is 2. The SMILES string of the molecule is CC1(C)OC(=C2C(=O)Nc3cc(F)ccc32)C=C1c1ccc(N2CCC(S(=O)(=O)O)CC2)nc1. The maximum atomic E-state index is 13.6. The molecule has 0 bridgehead atoms. The fourth-order valence-corrected chi connectivity index (χ4v) is 5.53. The first kappa shape index (κ1) is 22.5. The standard InChI is InChI=1S/C24H24FN3O5S/c1-24(2)18(12-20(33-24)22-17-5-4-15(25)11-19(17)27-23(22)29)14-3-6-21(26-13-14)28-9-7-16(8-10-28)34(30,31)32/h3-6,11-13,16H,7-10H2,1-2H3,(H,27,29)(H,30,31,32). The molecular weight excluding hydrogens is 461 g/mol. The minimum atomic E-state index is -4.02. The summed E-state index contributed by atoms with van der Waals surface area (Å²) in [4.78, 5) is 19.2. The Labute approximate surface area is 196 Å². The second kappa shape index (κ2) is 7.92. The van der Waals surface area contributed by atoms with E-state index in [1.807, 2.05) is 37.0 Å². The number of allylic oxidation sites excluding steroid dienone is 1. The van der Waals surface area contributed by atoms with Crippen LogP contribution in [-0.2, 0) is 19.6 Å². The van der Waals surface area contributed by atoms with E-state index in [9.17, 15) is 22.2 Å². The van der Waals surface area contributed by atoms with Crippen molar-refractivity contribution in [3.8, 4) is 0 Å². The van der Waals surface area contributed by atoms with Crippen molar-refractivity contribution in [1.82, 2.24) is 4.98 Å². The van der Waals surface area contributed by atoms with Crippen LogP contribution in [0.4, 0.5) is 15.9 Å². The first-order valence-electron chi connectivity index (χ1n) is 11.0. The number of amides is 1. The highest BCUT2D eigenvalue weighted by molar-refractivity contribution is 7.86. The highest BCUT2D eigenvalue weighted by Gasteiger charge is 2.38. The molecule has 4 heterocycles. The van der Waals surface area contributed by atoms with E-state index in [1.165, 1.54) is 12.1 Å². The van der Waals surface area contributed by atoms with Crippen molar-refractivity contribution in [1.29, 1.82) is 0 Å². The quantitative estimate of drug-likeness (QED) is 0.505. The molecule has 0 aliphatic carbocycles. The Balaban J connectivity index is 1.42. The van der Waals surface area contributed by atoms with Crippen molar-refractivity contribution >= 4 is 38.7 Å². The number of halogens is 1. The van der Waals surface area contributed by atoms with Crippen LogP contribution in [0.15, 0.2) is 48.4 Å². The molecule has 0 spiro atoms. The van der Waals surface area contributed by atoms with Gasteiger partial charge in [0, 0.05) is 36.0 Å². The van der Waals surface area contributed by atoms with E-state index in [0.29, 0.717) is 48.5 Å². The van der Waals surface area contributed by atoms with Crippen LogP contribution in [0.3, 0.4) is 0 Å². The number of hydrogen-bond acceptors (Lipinski definition) is 6. The first-order chi connectivity index (χ1) is 16.0. The summed E-state index contributed by atoms with van der Waals surface area (Å²) >= 11 is 0. The molecule has 34 heavy (non-hydrogen) atoms. The lowest BCUT2D eigenvalue weighted by Crippen LogP contribution is -2.39. The summed E-state index contributed by atoms with van der Waals surface area (Å²) in [6.45, 7) is 4.77. The lowest BCUT2D eigenvalue weighted by molar-refractivity contribution is -0.111. The van der Waals surface area contributed by atoms with Crippen LogP contribution in [0.1, 0.15) is 37.8 Å². The van der Waals surface area contributed by atoms with E-state index in [2.05, 4.69) is 10.3 Å². The van der Waals surface area contributed by atoms with Gasteiger partial charge in [-0.15, -0.1) is 0 Å². The summed E-state index contributed by atoms with van der Waals surface area (Å²) in [5.41, 5.74) is 2.33. The minimum Gasteiger partial charge on any atom is -0.482 e. The van der Waals surface area contributed by atoms with Crippen LogP contribution in [0, 0.1) is 5.82 Å². The van der Waals surface area contributed by atoms with Crippen molar-refractivity contribution in [3.63, 3.8) is 0 Å². The third kappa shape index (κ3) is 3.97. The Morgan fingerprint density at radius 2 is 1.94 bits per heavy atom. The number of nitrogens with one attached hydrogen (secondary N) is 1. The van der Waals surface area contributed by atoms with Crippen LogP contribution in [0.2, 0.25) is 0 Å². The van der Waals surface area contributed by atoms with Gasteiger partial charge in [-0.25, -0.2) is 9.37 Å². The number of benzene rings is 1. The number of piperidine rings is 1. The zero-order valence-electron chi connectivity index (χ0n) is 18.7. The molecule has 5 rings (SSSR count). The number of ether oxygens (including phenoxy) is 1.